The second-order valence-corrected chi connectivity index (χ2v) is 6.55. The fraction of sp³-hybridized carbons (Fsp3) is 0.316. The molecule has 0 aliphatic carbocycles. The summed E-state index contributed by atoms with van der Waals surface area (Å²) in [4.78, 5) is 37.2. The Kier molecular flexibility index (Phi) is 4.79. The summed E-state index contributed by atoms with van der Waals surface area (Å²) in [6.07, 6.45) is 2.94. The third-order valence-corrected chi connectivity index (χ3v) is 4.92. The number of nitrogens with zero attached hydrogens (tertiary/aromatic N) is 2. The van der Waals surface area contributed by atoms with Crippen molar-refractivity contribution in [1.82, 2.24) is 9.47 Å². The Morgan fingerprint density at radius 3 is 2.38 bits per heavy atom. The molecule has 3 N–H and O–H groups in total. The van der Waals surface area contributed by atoms with Crippen molar-refractivity contribution in [3.05, 3.63) is 58.9 Å². The first-order valence-electron chi connectivity index (χ1n) is 8.46. The maximum atomic E-state index is 12.7. The van der Waals surface area contributed by atoms with Crippen molar-refractivity contribution < 1.29 is 19.5 Å². The average Bonchev–Trinajstić information content (AvgIpc) is 3.03. The third kappa shape index (κ3) is 3.33. The van der Waals surface area contributed by atoms with Gasteiger partial charge >= 0.3 is 5.97 Å². The Bertz CT molecular complexity index is 863. The highest BCUT2D eigenvalue weighted by molar-refractivity contribution is 5.98. The molecule has 1 aromatic heterocycles. The molecule has 26 heavy (non-hydrogen) atoms. The molecule has 0 unspecified atom stereocenters. The zero-order valence-corrected chi connectivity index (χ0v) is 14.5. The summed E-state index contributed by atoms with van der Waals surface area (Å²) in [6, 6.07) is 8.54. The third-order valence-electron chi connectivity index (χ3n) is 4.92. The van der Waals surface area contributed by atoms with Crippen molar-refractivity contribution in [2.24, 2.45) is 12.8 Å². The number of piperidine rings is 1. The topological polar surface area (TPSA) is 106 Å². The first-order chi connectivity index (χ1) is 12.4. The molecule has 0 atom stereocenters. The Morgan fingerprint density at radius 1 is 1.15 bits per heavy atom. The summed E-state index contributed by atoms with van der Waals surface area (Å²) in [5.41, 5.74) is 7.14. The van der Waals surface area contributed by atoms with Crippen molar-refractivity contribution in [1.29, 1.82) is 0 Å². The smallest absolute Gasteiger partial charge is 0.335 e. The van der Waals surface area contributed by atoms with Gasteiger partial charge in [-0.25, -0.2) is 4.79 Å². The van der Waals surface area contributed by atoms with E-state index >= 15 is 0 Å². The lowest BCUT2D eigenvalue weighted by Gasteiger charge is -2.32. The average molecular weight is 355 g/mol. The fourth-order valence-electron chi connectivity index (χ4n) is 3.52. The molecule has 136 valence electrons. The molecule has 0 bridgehead atoms. The second kappa shape index (κ2) is 7.03. The molecule has 1 aromatic carbocycles. The number of benzene rings is 1. The van der Waals surface area contributed by atoms with Crippen molar-refractivity contribution in [3.63, 3.8) is 0 Å². The molecule has 0 spiro atoms. The number of carboxylic acids is 1. The minimum absolute atomic E-state index is 0.112. The Balaban J connectivity index is 1.72. The highest BCUT2D eigenvalue weighted by Crippen LogP contribution is 2.31. The van der Waals surface area contributed by atoms with E-state index in [0.717, 1.165) is 5.56 Å². The number of aromatic nitrogens is 1. The number of primary amides is 1. The molecule has 1 fully saturated rings. The first-order valence-corrected chi connectivity index (χ1v) is 8.46. The van der Waals surface area contributed by atoms with Gasteiger partial charge in [0.2, 0.25) is 5.91 Å². The van der Waals surface area contributed by atoms with E-state index in [1.165, 1.54) is 6.07 Å². The first kappa shape index (κ1) is 17.7. The summed E-state index contributed by atoms with van der Waals surface area (Å²) in [7, 11) is 1.70. The largest absolute Gasteiger partial charge is 0.478 e. The van der Waals surface area contributed by atoms with Gasteiger partial charge in [-0.2, -0.15) is 0 Å². The zero-order valence-electron chi connectivity index (χ0n) is 14.5. The summed E-state index contributed by atoms with van der Waals surface area (Å²) in [6.45, 7) is 1.07. The van der Waals surface area contributed by atoms with Crippen LogP contribution < -0.4 is 5.73 Å². The number of carbonyl (C=O) groups is 3. The summed E-state index contributed by atoms with van der Waals surface area (Å²) in [5, 5.41) is 9.36. The van der Waals surface area contributed by atoms with Gasteiger partial charge in [-0.05, 0) is 36.5 Å². The monoisotopic (exact) mass is 355 g/mol. The molecule has 1 aliphatic rings. The number of likely N-dealkylation sites (tertiary alicyclic amines) is 1. The van der Waals surface area contributed by atoms with E-state index < -0.39 is 11.9 Å². The molecule has 1 aliphatic heterocycles. The van der Waals surface area contributed by atoms with E-state index in [0.29, 0.717) is 42.8 Å². The lowest BCUT2D eigenvalue weighted by molar-refractivity contribution is 0.0677. The number of aromatic carboxylic acids is 1. The van der Waals surface area contributed by atoms with E-state index in [1.54, 1.807) is 34.8 Å². The van der Waals surface area contributed by atoms with Crippen LogP contribution in [0.25, 0.3) is 0 Å². The highest BCUT2D eigenvalue weighted by atomic mass is 16.4. The normalized spacial score (nSPS) is 15.0. The van der Waals surface area contributed by atoms with E-state index in [2.05, 4.69) is 0 Å². The molecule has 0 radical (unpaired) electrons. The van der Waals surface area contributed by atoms with Crippen molar-refractivity contribution in [2.75, 3.05) is 13.1 Å². The minimum Gasteiger partial charge on any atom is -0.478 e. The van der Waals surface area contributed by atoms with Crippen molar-refractivity contribution in [3.8, 4) is 0 Å². The molecule has 1 saturated heterocycles. The van der Waals surface area contributed by atoms with Gasteiger partial charge in [-0.3, -0.25) is 9.59 Å². The van der Waals surface area contributed by atoms with Gasteiger partial charge in [0.15, 0.2) is 0 Å². The summed E-state index contributed by atoms with van der Waals surface area (Å²) < 4.78 is 1.61. The van der Waals surface area contributed by atoms with Gasteiger partial charge in [-0.15, -0.1) is 0 Å². The predicted octanol–water partition coefficient (Wildman–Crippen LogP) is 1.84. The van der Waals surface area contributed by atoms with Crippen LogP contribution >= 0.6 is 0 Å². The fourth-order valence-corrected chi connectivity index (χ4v) is 3.52. The van der Waals surface area contributed by atoms with Crippen molar-refractivity contribution in [2.45, 2.75) is 18.8 Å². The number of nitrogens with two attached hydrogens (primary N) is 1. The van der Waals surface area contributed by atoms with Crippen LogP contribution in [-0.2, 0) is 7.05 Å². The van der Waals surface area contributed by atoms with Crippen molar-refractivity contribution >= 4 is 17.8 Å². The molecule has 3 rings (SSSR count). The number of carbonyl (C=O) groups excluding carboxylic acids is 2. The Hall–Kier alpha value is -3.09. The molecule has 2 amide bonds. The molecule has 2 aromatic rings. The molecule has 0 saturated carbocycles. The van der Waals surface area contributed by atoms with Crippen LogP contribution in [0.15, 0.2) is 36.5 Å². The van der Waals surface area contributed by atoms with Crippen LogP contribution in [0, 0.1) is 0 Å². The van der Waals surface area contributed by atoms with Crippen LogP contribution in [0.4, 0.5) is 0 Å². The Labute approximate surface area is 151 Å². The Morgan fingerprint density at radius 2 is 1.81 bits per heavy atom. The second-order valence-electron chi connectivity index (χ2n) is 6.55. The number of carboxylic acid groups (broad SMARTS) is 1. The van der Waals surface area contributed by atoms with Gasteiger partial charge < -0.3 is 20.3 Å². The van der Waals surface area contributed by atoms with Gasteiger partial charge in [0.25, 0.3) is 5.91 Å². The zero-order chi connectivity index (χ0) is 18.8. The molecular weight excluding hydrogens is 334 g/mol. The maximum absolute atomic E-state index is 12.7. The van der Waals surface area contributed by atoms with Crippen LogP contribution in [0.2, 0.25) is 0 Å². The molecular formula is C19H21N3O4. The predicted molar refractivity (Wildman–Crippen MR) is 95.2 cm³/mol. The van der Waals surface area contributed by atoms with E-state index in [9.17, 15) is 19.5 Å². The number of aryl methyl sites for hydroxylation is 1. The van der Waals surface area contributed by atoms with Crippen LogP contribution in [0.3, 0.4) is 0 Å². The van der Waals surface area contributed by atoms with Gasteiger partial charge in [0.05, 0.1) is 11.1 Å². The standard InChI is InChI=1S/C19H21N3O4/c1-21-11-13(17(20)23)10-16(21)18(24)22-8-6-12(7-9-22)14-4-2-3-5-15(14)19(25)26/h2-5,10-12H,6-9H2,1H3,(H2,20,23)(H,25,26). The molecule has 7 heteroatoms. The lowest BCUT2D eigenvalue weighted by Crippen LogP contribution is -2.38. The molecule has 2 heterocycles. The minimum atomic E-state index is -0.929. The van der Waals surface area contributed by atoms with Crippen LogP contribution in [0.1, 0.15) is 55.5 Å². The lowest BCUT2D eigenvalue weighted by atomic mass is 9.86. The number of hydrogen-bond acceptors (Lipinski definition) is 3. The number of hydrogen-bond donors (Lipinski definition) is 2. The van der Waals surface area contributed by atoms with Crippen LogP contribution in [0.5, 0.6) is 0 Å². The van der Waals surface area contributed by atoms with Gasteiger partial charge in [0, 0.05) is 26.3 Å². The van der Waals surface area contributed by atoms with Crippen LogP contribution in [-0.4, -0.2) is 45.4 Å². The van der Waals surface area contributed by atoms with E-state index in [4.69, 9.17) is 5.73 Å². The number of rotatable bonds is 4. The SMILES string of the molecule is Cn1cc(C(N)=O)cc1C(=O)N1CCC(c2ccccc2C(=O)O)CC1. The van der Waals surface area contributed by atoms with Gasteiger partial charge in [-0.1, -0.05) is 18.2 Å². The van der Waals surface area contributed by atoms with Gasteiger partial charge in [0.1, 0.15) is 5.69 Å². The maximum Gasteiger partial charge on any atom is 0.335 e. The summed E-state index contributed by atoms with van der Waals surface area (Å²) >= 11 is 0. The quantitative estimate of drug-likeness (QED) is 0.873. The van der Waals surface area contributed by atoms with E-state index in [1.807, 2.05) is 12.1 Å². The highest BCUT2D eigenvalue weighted by Gasteiger charge is 2.28. The number of amides is 2. The summed E-state index contributed by atoms with van der Waals surface area (Å²) in [5.74, 6) is -1.53. The molecule has 7 nitrogen and oxygen atoms in total. The van der Waals surface area contributed by atoms with E-state index in [-0.39, 0.29) is 11.8 Å².